The van der Waals surface area contributed by atoms with Crippen LogP contribution in [0.25, 0.3) is 22.3 Å². The molecule has 188 valence electrons. The second-order valence-electron chi connectivity index (χ2n) is 11.6. The second kappa shape index (κ2) is 7.66. The first-order valence-electron chi connectivity index (χ1n) is 13.8. The van der Waals surface area contributed by atoms with Gasteiger partial charge in [-0.05, 0) is 73.8 Å². The zero-order chi connectivity index (χ0) is 25.0. The fraction of sp³-hybridized carbons (Fsp3) is 0.355. The van der Waals surface area contributed by atoms with E-state index in [4.69, 9.17) is 4.98 Å². The van der Waals surface area contributed by atoms with E-state index in [2.05, 4.69) is 67.8 Å². The molecule has 3 fully saturated rings. The average molecular weight is 503 g/mol. The highest BCUT2D eigenvalue weighted by molar-refractivity contribution is 5.78. The standard InChI is InChI=1S/C31H27FN6/c32-21-10-16(11-26-29(21)38-30(36-26)23-8-5-18-12-24(18)33-23)2-1-15-3-6-20-17(9-15)4-7-22-28(20)37-31(35-22)27-14-19-13-25(19)34-27/h3,5-6,8-11,18-19,23-25,27,33-34H,4,7,12-14H2,(H,35,37)(H,36,38)/t18?,19-,23+,24?,25-,27+/m1/s1. The molecule has 7 heteroatoms. The van der Waals surface area contributed by atoms with Crippen molar-refractivity contribution in [1.82, 2.24) is 30.6 Å². The number of aryl methyl sites for hydroxylation is 2. The maximum absolute atomic E-state index is 14.9. The van der Waals surface area contributed by atoms with Crippen LogP contribution in [0, 0.1) is 29.5 Å². The second-order valence-corrected chi connectivity index (χ2v) is 11.6. The number of aromatic amines is 2. The van der Waals surface area contributed by atoms with Gasteiger partial charge in [0.25, 0.3) is 0 Å². The molecule has 6 atom stereocenters. The van der Waals surface area contributed by atoms with Crippen molar-refractivity contribution < 1.29 is 4.39 Å². The number of fused-ring (bicyclic) bond motifs is 6. The van der Waals surface area contributed by atoms with Gasteiger partial charge in [-0.1, -0.05) is 30.1 Å². The van der Waals surface area contributed by atoms with Gasteiger partial charge >= 0.3 is 0 Å². The summed E-state index contributed by atoms with van der Waals surface area (Å²) >= 11 is 0. The van der Waals surface area contributed by atoms with E-state index in [-0.39, 0.29) is 11.9 Å². The molecular weight excluding hydrogens is 475 g/mol. The van der Waals surface area contributed by atoms with Gasteiger partial charge in [0, 0.05) is 28.8 Å². The SMILES string of the molecule is Fc1cc(C#Cc2ccc3c(c2)CCc2nc([C@@H]4C[C@H]5C[C@H]5N4)[nH]c2-3)cc2[nH]c([C@@H]3C=CC4CC4N3)nc12. The van der Waals surface area contributed by atoms with E-state index >= 15 is 0 Å². The largest absolute Gasteiger partial charge is 0.340 e. The summed E-state index contributed by atoms with van der Waals surface area (Å²) in [5.41, 5.74) is 7.46. The summed E-state index contributed by atoms with van der Waals surface area (Å²) in [5.74, 6) is 9.42. The van der Waals surface area contributed by atoms with Gasteiger partial charge in [0.2, 0.25) is 0 Å². The highest BCUT2D eigenvalue weighted by atomic mass is 19.1. The number of H-pyrrole nitrogens is 2. The molecule has 0 radical (unpaired) electrons. The molecule has 2 unspecified atom stereocenters. The molecule has 4 aromatic rings. The van der Waals surface area contributed by atoms with Crippen LogP contribution in [0.5, 0.6) is 0 Å². The first-order chi connectivity index (χ1) is 18.6. The third kappa shape index (κ3) is 3.40. The van der Waals surface area contributed by atoms with Crippen LogP contribution in [-0.2, 0) is 12.8 Å². The summed E-state index contributed by atoms with van der Waals surface area (Å²) in [7, 11) is 0. The van der Waals surface area contributed by atoms with E-state index in [9.17, 15) is 4.39 Å². The highest BCUT2D eigenvalue weighted by Crippen LogP contribution is 2.46. The van der Waals surface area contributed by atoms with Crippen molar-refractivity contribution in [3.63, 3.8) is 0 Å². The summed E-state index contributed by atoms with van der Waals surface area (Å²) in [6.45, 7) is 0. The molecule has 6 nitrogen and oxygen atoms in total. The lowest BCUT2D eigenvalue weighted by molar-refractivity contribution is 0.542. The van der Waals surface area contributed by atoms with E-state index < -0.39 is 0 Å². The summed E-state index contributed by atoms with van der Waals surface area (Å²) in [4.78, 5) is 16.4. The van der Waals surface area contributed by atoms with Crippen LogP contribution >= 0.6 is 0 Å². The van der Waals surface area contributed by atoms with Gasteiger partial charge in [0.15, 0.2) is 5.82 Å². The van der Waals surface area contributed by atoms with Gasteiger partial charge in [-0.15, -0.1) is 0 Å². The number of hydrogen-bond acceptors (Lipinski definition) is 4. The summed E-state index contributed by atoms with van der Waals surface area (Å²) < 4.78 is 14.9. The maximum Gasteiger partial charge on any atom is 0.152 e. The van der Waals surface area contributed by atoms with Gasteiger partial charge < -0.3 is 20.6 Å². The quantitative estimate of drug-likeness (QED) is 0.239. The van der Waals surface area contributed by atoms with E-state index in [0.29, 0.717) is 40.6 Å². The molecule has 2 aliphatic heterocycles. The Morgan fingerprint density at radius 1 is 0.842 bits per heavy atom. The Bertz CT molecular complexity index is 1720. The monoisotopic (exact) mass is 502 g/mol. The highest BCUT2D eigenvalue weighted by Gasteiger charge is 2.47. The van der Waals surface area contributed by atoms with Gasteiger partial charge in [-0.2, -0.15) is 0 Å². The minimum atomic E-state index is -0.347. The third-order valence-corrected chi connectivity index (χ3v) is 9.00. The zero-order valence-corrected chi connectivity index (χ0v) is 20.8. The number of halogens is 1. The molecule has 0 amide bonds. The van der Waals surface area contributed by atoms with Crippen LogP contribution in [0.1, 0.15) is 65.4 Å². The number of nitrogens with one attached hydrogen (secondary N) is 4. The van der Waals surface area contributed by atoms with E-state index in [1.165, 1.54) is 42.1 Å². The van der Waals surface area contributed by atoms with Crippen LogP contribution in [0.4, 0.5) is 4.39 Å². The number of benzene rings is 2. The topological polar surface area (TPSA) is 81.4 Å². The zero-order valence-electron chi connectivity index (χ0n) is 20.8. The van der Waals surface area contributed by atoms with Crippen molar-refractivity contribution >= 4 is 11.0 Å². The van der Waals surface area contributed by atoms with Gasteiger partial charge in [0.05, 0.1) is 29.0 Å². The Labute approximate surface area is 219 Å². The van der Waals surface area contributed by atoms with Crippen LogP contribution in [0.3, 0.4) is 0 Å². The fourth-order valence-corrected chi connectivity index (χ4v) is 6.69. The fourth-order valence-electron chi connectivity index (χ4n) is 6.69. The normalized spacial score (nSPS) is 29.7. The molecule has 2 aromatic carbocycles. The molecule has 0 bridgehead atoms. The molecule has 9 rings (SSSR count). The predicted octanol–water partition coefficient (Wildman–Crippen LogP) is 4.60. The molecular formula is C31H27FN6. The van der Waals surface area contributed by atoms with E-state index in [1.54, 1.807) is 0 Å². The first-order valence-corrected chi connectivity index (χ1v) is 13.8. The van der Waals surface area contributed by atoms with Crippen molar-refractivity contribution in [3.8, 4) is 23.1 Å². The molecule has 2 aromatic heterocycles. The van der Waals surface area contributed by atoms with Crippen molar-refractivity contribution in [2.45, 2.75) is 56.3 Å². The van der Waals surface area contributed by atoms with Gasteiger partial charge in [0.1, 0.15) is 17.2 Å². The molecule has 38 heavy (non-hydrogen) atoms. The maximum atomic E-state index is 14.9. The van der Waals surface area contributed by atoms with E-state index in [1.807, 2.05) is 6.07 Å². The molecule has 4 heterocycles. The predicted molar refractivity (Wildman–Crippen MR) is 143 cm³/mol. The minimum Gasteiger partial charge on any atom is -0.340 e. The third-order valence-electron chi connectivity index (χ3n) is 9.00. The lowest BCUT2D eigenvalue weighted by atomic mass is 9.91. The summed E-state index contributed by atoms with van der Waals surface area (Å²) in [5, 5.41) is 7.26. The number of rotatable bonds is 2. The molecule has 0 spiro atoms. The van der Waals surface area contributed by atoms with E-state index in [0.717, 1.165) is 41.7 Å². The lowest BCUT2D eigenvalue weighted by Crippen LogP contribution is -2.26. The lowest BCUT2D eigenvalue weighted by Gasteiger charge is -2.15. The number of nitrogens with zero attached hydrogens (tertiary/aromatic N) is 2. The smallest absolute Gasteiger partial charge is 0.152 e. The minimum absolute atomic E-state index is 0.00193. The summed E-state index contributed by atoms with van der Waals surface area (Å²) in [6.07, 6.45) is 9.95. The van der Waals surface area contributed by atoms with Crippen LogP contribution in [0.15, 0.2) is 42.5 Å². The molecule has 5 aliphatic rings. The number of aromatic nitrogens is 4. The Balaban J connectivity index is 0.988. The van der Waals surface area contributed by atoms with Crippen molar-refractivity contribution in [2.75, 3.05) is 0 Å². The van der Waals surface area contributed by atoms with Gasteiger partial charge in [-0.25, -0.2) is 14.4 Å². The Morgan fingerprint density at radius 3 is 2.68 bits per heavy atom. The first kappa shape index (κ1) is 21.2. The average Bonchev–Trinajstić information content (AvgIpc) is 3.67. The summed E-state index contributed by atoms with van der Waals surface area (Å²) in [6, 6.07) is 11.4. The molecule has 4 N–H and O–H groups in total. The number of hydrogen-bond donors (Lipinski definition) is 4. The number of piperidine rings is 1. The van der Waals surface area contributed by atoms with Gasteiger partial charge in [-0.3, -0.25) is 0 Å². The number of imidazole rings is 2. The van der Waals surface area contributed by atoms with Crippen molar-refractivity contribution in [1.29, 1.82) is 0 Å². The van der Waals surface area contributed by atoms with Crippen molar-refractivity contribution in [3.05, 3.63) is 82.3 Å². The molecule has 1 saturated heterocycles. The van der Waals surface area contributed by atoms with Crippen LogP contribution < -0.4 is 10.6 Å². The Hall–Kier alpha value is -3.73. The van der Waals surface area contributed by atoms with Crippen molar-refractivity contribution in [2.24, 2.45) is 11.8 Å². The van der Waals surface area contributed by atoms with Crippen LogP contribution in [0.2, 0.25) is 0 Å². The van der Waals surface area contributed by atoms with Crippen LogP contribution in [-0.4, -0.2) is 32.0 Å². The molecule has 2 saturated carbocycles. The Kier molecular flexibility index (Phi) is 4.28. The molecule has 3 aliphatic carbocycles. The Morgan fingerprint density at radius 2 is 1.79 bits per heavy atom.